The molecule has 1 fully saturated rings. The van der Waals surface area contributed by atoms with Crippen LogP contribution in [-0.4, -0.2) is 65.6 Å². The molecule has 1 aliphatic rings. The fraction of sp³-hybridized carbons (Fsp3) is 0.625. The van der Waals surface area contributed by atoms with E-state index in [-0.39, 0.29) is 6.10 Å². The second-order valence-electron chi connectivity index (χ2n) is 5.75. The Morgan fingerprint density at radius 3 is 2.82 bits per heavy atom. The highest BCUT2D eigenvalue weighted by Crippen LogP contribution is 2.13. The van der Waals surface area contributed by atoms with E-state index in [9.17, 15) is 0 Å². The van der Waals surface area contributed by atoms with Gasteiger partial charge < -0.3 is 9.64 Å². The molecule has 0 aliphatic carbocycles. The van der Waals surface area contributed by atoms with Crippen LogP contribution in [0.4, 0.5) is 0 Å². The Hall–Kier alpha value is -1.17. The van der Waals surface area contributed by atoms with Crippen molar-refractivity contribution >= 4 is 11.6 Å². The van der Waals surface area contributed by atoms with Gasteiger partial charge in [0.2, 0.25) is 0 Å². The Labute approximate surface area is 137 Å². The van der Waals surface area contributed by atoms with Gasteiger partial charge in [0.25, 0.3) is 0 Å². The maximum absolute atomic E-state index is 5.96. The molecule has 1 aromatic heterocycles. The van der Waals surface area contributed by atoms with Gasteiger partial charge >= 0.3 is 6.01 Å². The highest BCUT2D eigenvalue weighted by molar-refractivity contribution is 6.30. The van der Waals surface area contributed by atoms with Crippen LogP contribution >= 0.6 is 11.6 Å². The van der Waals surface area contributed by atoms with Crippen LogP contribution in [0.3, 0.4) is 0 Å². The van der Waals surface area contributed by atoms with Crippen LogP contribution in [0.1, 0.15) is 19.3 Å². The maximum Gasteiger partial charge on any atom is 0.316 e. The highest BCUT2D eigenvalue weighted by Gasteiger charge is 2.19. The summed E-state index contributed by atoms with van der Waals surface area (Å²) in [5.74, 6) is 0. The molecular formula is C16H25ClN4O. The molecule has 22 heavy (non-hydrogen) atoms. The molecule has 0 amide bonds. The number of ether oxygens (including phenoxy) is 1. The molecule has 0 saturated carbocycles. The molecule has 0 radical (unpaired) electrons. The van der Waals surface area contributed by atoms with Gasteiger partial charge in [-0.1, -0.05) is 17.7 Å². The third kappa shape index (κ3) is 5.91. The Morgan fingerprint density at radius 2 is 2.09 bits per heavy atom. The van der Waals surface area contributed by atoms with E-state index in [1.54, 1.807) is 12.4 Å². The summed E-state index contributed by atoms with van der Waals surface area (Å²) >= 11 is 5.81. The lowest BCUT2D eigenvalue weighted by Crippen LogP contribution is -2.38. The topological polar surface area (TPSA) is 41.5 Å². The van der Waals surface area contributed by atoms with Crippen LogP contribution in [-0.2, 0) is 0 Å². The van der Waals surface area contributed by atoms with Gasteiger partial charge in [0, 0.05) is 19.6 Å². The molecule has 2 heterocycles. The second-order valence-corrected chi connectivity index (χ2v) is 6.18. The van der Waals surface area contributed by atoms with E-state index in [4.69, 9.17) is 16.3 Å². The molecule has 0 aromatic carbocycles. The lowest BCUT2D eigenvalue weighted by atomic mass is 10.2. The van der Waals surface area contributed by atoms with E-state index >= 15 is 0 Å². The molecular weight excluding hydrogens is 300 g/mol. The van der Waals surface area contributed by atoms with Crippen molar-refractivity contribution in [3.8, 4) is 6.01 Å². The SMILES string of the molecule is C=CCC[C@H](CN1CCCN(C)CC1)Oc1ncc(Cl)cn1. The summed E-state index contributed by atoms with van der Waals surface area (Å²) in [6, 6.07) is 0.394. The normalized spacial score (nSPS) is 18.6. The summed E-state index contributed by atoms with van der Waals surface area (Å²) < 4.78 is 5.96. The molecule has 0 unspecified atom stereocenters. The van der Waals surface area contributed by atoms with E-state index < -0.39 is 0 Å². The number of nitrogens with zero attached hydrogens (tertiary/aromatic N) is 4. The van der Waals surface area contributed by atoms with Gasteiger partial charge in [0.05, 0.1) is 17.4 Å². The minimum atomic E-state index is 0.0718. The zero-order valence-electron chi connectivity index (χ0n) is 13.2. The lowest BCUT2D eigenvalue weighted by Gasteiger charge is -2.26. The fourth-order valence-electron chi connectivity index (χ4n) is 2.57. The van der Waals surface area contributed by atoms with Crippen molar-refractivity contribution in [3.05, 3.63) is 30.1 Å². The predicted molar refractivity (Wildman–Crippen MR) is 89.4 cm³/mol. The minimum absolute atomic E-state index is 0.0718. The van der Waals surface area contributed by atoms with Crippen LogP contribution in [0.25, 0.3) is 0 Å². The average molecular weight is 325 g/mol. The van der Waals surface area contributed by atoms with Crippen LogP contribution in [0, 0.1) is 0 Å². The van der Waals surface area contributed by atoms with Crippen molar-refractivity contribution in [2.75, 3.05) is 39.8 Å². The van der Waals surface area contributed by atoms with Gasteiger partial charge in [-0.15, -0.1) is 6.58 Å². The fourth-order valence-corrected chi connectivity index (χ4v) is 2.67. The number of rotatable bonds is 7. The van der Waals surface area contributed by atoms with Gasteiger partial charge in [0.1, 0.15) is 6.10 Å². The van der Waals surface area contributed by atoms with Gasteiger partial charge in [-0.25, -0.2) is 9.97 Å². The van der Waals surface area contributed by atoms with Crippen LogP contribution in [0.15, 0.2) is 25.0 Å². The molecule has 2 rings (SSSR count). The molecule has 6 heteroatoms. The lowest BCUT2D eigenvalue weighted by molar-refractivity contribution is 0.118. The number of allylic oxidation sites excluding steroid dienone is 1. The molecule has 1 aromatic rings. The largest absolute Gasteiger partial charge is 0.459 e. The Morgan fingerprint density at radius 1 is 1.32 bits per heavy atom. The maximum atomic E-state index is 5.96. The molecule has 1 atom stereocenters. The number of likely N-dealkylation sites (N-methyl/N-ethyl adjacent to an activating group) is 1. The Bertz CT molecular complexity index is 454. The zero-order valence-corrected chi connectivity index (χ0v) is 14.0. The Kier molecular flexibility index (Phi) is 7.09. The van der Waals surface area contributed by atoms with E-state index in [1.165, 1.54) is 6.42 Å². The van der Waals surface area contributed by atoms with Crippen molar-refractivity contribution in [1.82, 2.24) is 19.8 Å². The summed E-state index contributed by atoms with van der Waals surface area (Å²) in [4.78, 5) is 13.1. The van der Waals surface area contributed by atoms with E-state index in [1.807, 2.05) is 6.08 Å². The third-order valence-electron chi connectivity index (χ3n) is 3.84. The predicted octanol–water partition coefficient (Wildman–Crippen LogP) is 2.48. The van der Waals surface area contributed by atoms with Crippen LogP contribution in [0.5, 0.6) is 6.01 Å². The standard InChI is InChI=1S/C16H25ClN4O/c1-3-4-6-15(22-16-18-11-14(17)12-19-16)13-21-8-5-7-20(2)9-10-21/h3,11-12,15H,1,4-10,13H2,2H3/t15-/m1/s1. The van der Waals surface area contributed by atoms with Crippen molar-refractivity contribution in [2.24, 2.45) is 0 Å². The minimum Gasteiger partial charge on any atom is -0.459 e. The Balaban J connectivity index is 1.92. The van der Waals surface area contributed by atoms with Crippen molar-refractivity contribution in [1.29, 1.82) is 0 Å². The van der Waals surface area contributed by atoms with Crippen molar-refractivity contribution < 1.29 is 4.74 Å². The summed E-state index contributed by atoms with van der Waals surface area (Å²) in [6.07, 6.45) is 8.17. The van der Waals surface area contributed by atoms with Crippen LogP contribution in [0.2, 0.25) is 5.02 Å². The zero-order chi connectivity index (χ0) is 15.8. The van der Waals surface area contributed by atoms with Crippen LogP contribution < -0.4 is 4.74 Å². The summed E-state index contributed by atoms with van der Waals surface area (Å²) in [5, 5.41) is 0.519. The number of aromatic nitrogens is 2. The molecule has 0 spiro atoms. The van der Waals surface area contributed by atoms with Crippen molar-refractivity contribution in [3.63, 3.8) is 0 Å². The monoisotopic (exact) mass is 324 g/mol. The summed E-state index contributed by atoms with van der Waals surface area (Å²) in [6.45, 7) is 9.15. The number of halogens is 1. The number of hydrogen-bond acceptors (Lipinski definition) is 5. The highest BCUT2D eigenvalue weighted by atomic mass is 35.5. The molecule has 0 bridgehead atoms. The molecule has 122 valence electrons. The first kappa shape index (κ1) is 17.2. The summed E-state index contributed by atoms with van der Waals surface area (Å²) in [7, 11) is 2.18. The first-order valence-corrected chi connectivity index (χ1v) is 8.21. The first-order chi connectivity index (χ1) is 10.7. The first-order valence-electron chi connectivity index (χ1n) is 7.83. The van der Waals surface area contributed by atoms with Gasteiger partial charge in [-0.05, 0) is 39.4 Å². The van der Waals surface area contributed by atoms with E-state index in [2.05, 4.69) is 33.4 Å². The molecule has 1 saturated heterocycles. The average Bonchev–Trinajstić information content (AvgIpc) is 2.72. The number of hydrogen-bond donors (Lipinski definition) is 0. The van der Waals surface area contributed by atoms with E-state index in [0.29, 0.717) is 11.0 Å². The molecule has 5 nitrogen and oxygen atoms in total. The van der Waals surface area contributed by atoms with E-state index in [0.717, 1.165) is 45.6 Å². The van der Waals surface area contributed by atoms with Gasteiger partial charge in [-0.2, -0.15) is 0 Å². The molecule has 1 aliphatic heterocycles. The third-order valence-corrected chi connectivity index (χ3v) is 4.03. The van der Waals surface area contributed by atoms with Gasteiger partial charge in [0.15, 0.2) is 0 Å². The second kappa shape index (κ2) is 9.08. The smallest absolute Gasteiger partial charge is 0.316 e. The van der Waals surface area contributed by atoms with Crippen molar-refractivity contribution in [2.45, 2.75) is 25.4 Å². The summed E-state index contributed by atoms with van der Waals surface area (Å²) in [5.41, 5.74) is 0. The molecule has 0 N–H and O–H groups in total. The quantitative estimate of drug-likeness (QED) is 0.721. The van der Waals surface area contributed by atoms with Gasteiger partial charge in [-0.3, -0.25) is 4.90 Å².